The van der Waals surface area contributed by atoms with E-state index in [4.69, 9.17) is 0 Å². The topological polar surface area (TPSA) is 93.4 Å². The summed E-state index contributed by atoms with van der Waals surface area (Å²) < 4.78 is 32.3. The third-order valence-corrected chi connectivity index (χ3v) is 4.97. The van der Waals surface area contributed by atoms with Crippen molar-refractivity contribution in [3.63, 3.8) is 0 Å². The van der Waals surface area contributed by atoms with Gasteiger partial charge in [0.1, 0.15) is 22.9 Å². The Morgan fingerprint density at radius 3 is 2.70 bits per heavy atom. The number of carbonyl (C=O) groups excluding carboxylic acids is 1. The van der Waals surface area contributed by atoms with Crippen LogP contribution in [0.25, 0.3) is 33.1 Å². The zero-order valence-electron chi connectivity index (χ0n) is 15.9. The van der Waals surface area contributed by atoms with Gasteiger partial charge in [-0.05, 0) is 18.2 Å². The number of aromatic amines is 1. The fourth-order valence-corrected chi connectivity index (χ4v) is 3.48. The molecule has 0 aliphatic carbocycles. The van der Waals surface area contributed by atoms with Crippen LogP contribution in [-0.4, -0.2) is 35.7 Å². The summed E-state index contributed by atoms with van der Waals surface area (Å²) in [6, 6.07) is 6.15. The van der Waals surface area contributed by atoms with Crippen LogP contribution in [0.15, 0.2) is 42.9 Å². The Morgan fingerprint density at radius 2 is 1.93 bits per heavy atom. The number of nitrogens with zero attached hydrogens (tertiary/aromatic N) is 5. The molecule has 8 nitrogen and oxygen atoms in total. The van der Waals surface area contributed by atoms with Crippen molar-refractivity contribution in [1.29, 1.82) is 0 Å². The number of hydrogen-bond donors (Lipinski definition) is 2. The summed E-state index contributed by atoms with van der Waals surface area (Å²) in [5, 5.41) is 18.7. The van der Waals surface area contributed by atoms with Crippen molar-refractivity contribution in [3.05, 3.63) is 60.1 Å². The standard InChI is InChI=1S/C20H15F2N7O/c1-28-9-10(7-23-28)19-12-5-11(3-4-15(12)26-27-19)25-20(30)17-14(21)6-16-13(18(17)22)8-24-29(16)2/h3-9H,1-2H3,(H,25,30)(H,26,27). The minimum atomic E-state index is -0.957. The fourth-order valence-electron chi connectivity index (χ4n) is 3.48. The molecular weight excluding hydrogens is 392 g/mol. The molecule has 0 fully saturated rings. The van der Waals surface area contributed by atoms with Crippen LogP contribution in [0.3, 0.4) is 0 Å². The number of amides is 1. The molecule has 0 bridgehead atoms. The number of benzene rings is 2. The second kappa shape index (κ2) is 6.48. The summed E-state index contributed by atoms with van der Waals surface area (Å²) in [5.74, 6) is -2.79. The normalized spacial score (nSPS) is 11.5. The third-order valence-electron chi connectivity index (χ3n) is 4.97. The van der Waals surface area contributed by atoms with E-state index in [9.17, 15) is 13.6 Å². The molecule has 3 heterocycles. The van der Waals surface area contributed by atoms with Gasteiger partial charge in [-0.15, -0.1) is 0 Å². The van der Waals surface area contributed by atoms with Crippen LogP contribution in [-0.2, 0) is 14.1 Å². The molecule has 30 heavy (non-hydrogen) atoms. The summed E-state index contributed by atoms with van der Waals surface area (Å²) >= 11 is 0. The van der Waals surface area contributed by atoms with Gasteiger partial charge in [-0.2, -0.15) is 15.3 Å². The molecule has 0 spiro atoms. The molecule has 0 atom stereocenters. The van der Waals surface area contributed by atoms with E-state index in [2.05, 4.69) is 25.7 Å². The maximum atomic E-state index is 14.8. The second-order valence-electron chi connectivity index (χ2n) is 6.94. The minimum absolute atomic E-state index is 0.0770. The summed E-state index contributed by atoms with van der Waals surface area (Å²) in [4.78, 5) is 12.7. The number of aryl methyl sites for hydroxylation is 2. The zero-order chi connectivity index (χ0) is 21.0. The number of halogens is 2. The first-order valence-corrected chi connectivity index (χ1v) is 9.00. The fraction of sp³-hybridized carbons (Fsp3) is 0.100. The number of H-pyrrole nitrogens is 1. The van der Waals surface area contributed by atoms with E-state index < -0.39 is 23.1 Å². The Morgan fingerprint density at radius 1 is 1.10 bits per heavy atom. The molecule has 0 saturated heterocycles. The van der Waals surface area contributed by atoms with Crippen molar-refractivity contribution in [1.82, 2.24) is 29.8 Å². The monoisotopic (exact) mass is 407 g/mol. The molecule has 3 aromatic heterocycles. The van der Waals surface area contributed by atoms with E-state index in [1.54, 1.807) is 43.2 Å². The number of aromatic nitrogens is 6. The van der Waals surface area contributed by atoms with Crippen molar-refractivity contribution < 1.29 is 13.6 Å². The Hall–Kier alpha value is -4.08. The van der Waals surface area contributed by atoms with Gasteiger partial charge in [0.15, 0.2) is 0 Å². The highest BCUT2D eigenvalue weighted by molar-refractivity contribution is 6.08. The molecule has 150 valence electrons. The molecular formula is C20H15F2N7O. The van der Waals surface area contributed by atoms with Gasteiger partial charge >= 0.3 is 0 Å². The average Bonchev–Trinajstić information content (AvgIpc) is 3.41. The summed E-state index contributed by atoms with van der Waals surface area (Å²) in [5.41, 5.74) is 2.19. The van der Waals surface area contributed by atoms with Crippen LogP contribution in [0, 0.1) is 11.6 Å². The molecule has 0 unspecified atom stereocenters. The lowest BCUT2D eigenvalue weighted by molar-refractivity contribution is 0.101. The van der Waals surface area contributed by atoms with Gasteiger partial charge in [-0.1, -0.05) is 0 Å². The van der Waals surface area contributed by atoms with Crippen LogP contribution >= 0.6 is 0 Å². The van der Waals surface area contributed by atoms with Crippen molar-refractivity contribution in [3.8, 4) is 11.3 Å². The third kappa shape index (κ3) is 2.72. The first kappa shape index (κ1) is 18.0. The highest BCUT2D eigenvalue weighted by Crippen LogP contribution is 2.29. The van der Waals surface area contributed by atoms with Gasteiger partial charge in [-0.25, -0.2) is 8.78 Å². The van der Waals surface area contributed by atoms with Crippen LogP contribution in [0.5, 0.6) is 0 Å². The van der Waals surface area contributed by atoms with Crippen LogP contribution in [0.1, 0.15) is 10.4 Å². The highest BCUT2D eigenvalue weighted by Gasteiger charge is 2.22. The van der Waals surface area contributed by atoms with Crippen molar-refractivity contribution in [2.75, 3.05) is 5.32 Å². The first-order valence-electron chi connectivity index (χ1n) is 9.00. The second-order valence-corrected chi connectivity index (χ2v) is 6.94. The smallest absolute Gasteiger partial charge is 0.261 e. The average molecular weight is 407 g/mol. The molecule has 0 saturated carbocycles. The van der Waals surface area contributed by atoms with E-state index in [-0.39, 0.29) is 10.9 Å². The number of nitrogens with one attached hydrogen (secondary N) is 2. The molecule has 0 radical (unpaired) electrons. The molecule has 2 aromatic carbocycles. The number of rotatable bonds is 3. The van der Waals surface area contributed by atoms with Gasteiger partial charge in [0.2, 0.25) is 0 Å². The molecule has 10 heteroatoms. The van der Waals surface area contributed by atoms with Crippen LogP contribution in [0.4, 0.5) is 14.5 Å². The van der Waals surface area contributed by atoms with E-state index in [0.29, 0.717) is 11.4 Å². The SMILES string of the molecule is Cn1cc(-c2n[nH]c3ccc(NC(=O)c4c(F)cc5c(cnn5C)c4F)cc23)cn1. The Bertz CT molecular complexity index is 1450. The Balaban J connectivity index is 1.53. The predicted octanol–water partition coefficient (Wildman–Crippen LogP) is 3.38. The number of fused-ring (bicyclic) bond motifs is 2. The molecule has 1 amide bonds. The highest BCUT2D eigenvalue weighted by atomic mass is 19.1. The van der Waals surface area contributed by atoms with Crippen molar-refractivity contribution in [2.45, 2.75) is 0 Å². The number of hydrogen-bond acceptors (Lipinski definition) is 4. The largest absolute Gasteiger partial charge is 0.322 e. The quantitative estimate of drug-likeness (QED) is 0.480. The first-order chi connectivity index (χ1) is 14.4. The lowest BCUT2D eigenvalue weighted by Crippen LogP contribution is -2.16. The summed E-state index contributed by atoms with van der Waals surface area (Å²) in [6.45, 7) is 0. The van der Waals surface area contributed by atoms with Gasteiger partial charge in [-0.3, -0.25) is 19.3 Å². The predicted molar refractivity (Wildman–Crippen MR) is 107 cm³/mol. The Labute approximate surface area is 168 Å². The summed E-state index contributed by atoms with van der Waals surface area (Å²) in [6.07, 6.45) is 4.75. The molecule has 5 aromatic rings. The Kier molecular flexibility index (Phi) is 3.88. The van der Waals surface area contributed by atoms with E-state index in [1.807, 2.05) is 6.20 Å². The maximum Gasteiger partial charge on any atom is 0.261 e. The molecule has 2 N–H and O–H groups in total. The van der Waals surface area contributed by atoms with Crippen molar-refractivity contribution >= 4 is 33.4 Å². The molecule has 0 aliphatic heterocycles. The zero-order valence-corrected chi connectivity index (χ0v) is 15.9. The van der Waals surface area contributed by atoms with Gasteiger partial charge < -0.3 is 5.32 Å². The van der Waals surface area contributed by atoms with Gasteiger partial charge in [0.25, 0.3) is 5.91 Å². The molecule has 5 rings (SSSR count). The number of anilines is 1. The van der Waals surface area contributed by atoms with Crippen LogP contribution < -0.4 is 5.32 Å². The maximum absolute atomic E-state index is 14.8. The lowest BCUT2D eigenvalue weighted by atomic mass is 10.1. The number of carbonyl (C=O) groups is 1. The summed E-state index contributed by atoms with van der Waals surface area (Å²) in [7, 11) is 3.37. The van der Waals surface area contributed by atoms with Gasteiger partial charge in [0, 0.05) is 43.0 Å². The van der Waals surface area contributed by atoms with Crippen molar-refractivity contribution in [2.24, 2.45) is 14.1 Å². The van der Waals surface area contributed by atoms with E-state index in [0.717, 1.165) is 22.5 Å². The van der Waals surface area contributed by atoms with Gasteiger partial charge in [0.05, 0.1) is 28.8 Å². The molecule has 0 aliphatic rings. The lowest BCUT2D eigenvalue weighted by Gasteiger charge is -2.09. The van der Waals surface area contributed by atoms with E-state index >= 15 is 0 Å². The van der Waals surface area contributed by atoms with E-state index in [1.165, 1.54) is 10.9 Å². The minimum Gasteiger partial charge on any atom is -0.322 e. The van der Waals surface area contributed by atoms with Crippen LogP contribution in [0.2, 0.25) is 0 Å².